The fourth-order valence-corrected chi connectivity index (χ4v) is 1.81. The molecule has 0 spiro atoms. The summed E-state index contributed by atoms with van der Waals surface area (Å²) in [7, 11) is 0. The van der Waals surface area contributed by atoms with Gasteiger partial charge in [0.05, 0.1) is 18.1 Å². The van der Waals surface area contributed by atoms with Gasteiger partial charge in [-0.1, -0.05) is 13.3 Å². The van der Waals surface area contributed by atoms with Crippen LogP contribution in [-0.2, 0) is 0 Å². The molecular weight excluding hydrogens is 232 g/mol. The third-order valence-corrected chi connectivity index (χ3v) is 2.84. The lowest BCUT2D eigenvalue weighted by Crippen LogP contribution is -2.01. The zero-order valence-corrected chi connectivity index (χ0v) is 10.5. The first kappa shape index (κ1) is 12.5. The van der Waals surface area contributed by atoms with Gasteiger partial charge in [-0.25, -0.2) is 4.79 Å². The molecule has 4 heteroatoms. The summed E-state index contributed by atoms with van der Waals surface area (Å²) in [5.41, 5.74) is 0.555. The van der Waals surface area contributed by atoms with Crippen molar-refractivity contribution < 1.29 is 14.3 Å². The van der Waals surface area contributed by atoms with E-state index >= 15 is 0 Å². The summed E-state index contributed by atoms with van der Waals surface area (Å²) < 4.78 is 10.7. The summed E-state index contributed by atoms with van der Waals surface area (Å²) in [4.78, 5) is 11.3. The number of hydrogen-bond acceptors (Lipinski definition) is 4. The molecule has 0 aliphatic carbocycles. The highest BCUT2D eigenvalue weighted by molar-refractivity contribution is 5.86. The molecule has 1 aromatic heterocycles. The van der Waals surface area contributed by atoms with Crippen molar-refractivity contribution in [2.75, 3.05) is 6.61 Å². The van der Waals surface area contributed by atoms with Gasteiger partial charge in [-0.2, -0.15) is 0 Å². The summed E-state index contributed by atoms with van der Waals surface area (Å²) in [5.74, 6) is 0.620. The molecule has 2 aromatic rings. The van der Waals surface area contributed by atoms with Gasteiger partial charge in [-0.05, 0) is 25.5 Å². The van der Waals surface area contributed by atoms with E-state index in [4.69, 9.17) is 9.15 Å². The Kier molecular flexibility index (Phi) is 3.55. The van der Waals surface area contributed by atoms with Crippen LogP contribution in [0.4, 0.5) is 0 Å². The highest BCUT2D eigenvalue weighted by atomic mass is 16.5. The fraction of sp³-hybridized carbons (Fsp3) is 0.357. The van der Waals surface area contributed by atoms with Crippen molar-refractivity contribution in [2.45, 2.75) is 26.7 Å². The van der Waals surface area contributed by atoms with E-state index < -0.39 is 5.63 Å². The number of fused-ring (bicyclic) bond motifs is 1. The largest absolute Gasteiger partial charge is 0.507 e. The topological polar surface area (TPSA) is 59.7 Å². The Morgan fingerprint density at radius 2 is 2.17 bits per heavy atom. The van der Waals surface area contributed by atoms with Gasteiger partial charge in [0.25, 0.3) is 0 Å². The van der Waals surface area contributed by atoms with Gasteiger partial charge in [-0.15, -0.1) is 0 Å². The lowest BCUT2D eigenvalue weighted by atomic mass is 10.1. The highest BCUT2D eigenvalue weighted by Gasteiger charge is 2.11. The fourth-order valence-electron chi connectivity index (χ4n) is 1.81. The molecule has 0 amide bonds. The minimum absolute atomic E-state index is 0.0653. The second-order valence-corrected chi connectivity index (χ2v) is 4.22. The monoisotopic (exact) mass is 248 g/mol. The summed E-state index contributed by atoms with van der Waals surface area (Å²) >= 11 is 0. The smallest absolute Gasteiger partial charge is 0.339 e. The molecule has 1 heterocycles. The van der Waals surface area contributed by atoms with Gasteiger partial charge in [0, 0.05) is 5.56 Å². The molecule has 2 rings (SSSR count). The molecule has 0 unspecified atom stereocenters. The lowest BCUT2D eigenvalue weighted by Gasteiger charge is -2.10. The molecule has 1 aromatic carbocycles. The molecule has 0 saturated carbocycles. The van der Waals surface area contributed by atoms with Crippen molar-refractivity contribution in [1.29, 1.82) is 0 Å². The number of hydrogen-bond donors (Lipinski definition) is 1. The van der Waals surface area contributed by atoms with Gasteiger partial charge < -0.3 is 14.3 Å². The van der Waals surface area contributed by atoms with E-state index in [1.165, 1.54) is 0 Å². The molecule has 0 atom stereocenters. The minimum Gasteiger partial charge on any atom is -0.507 e. The molecule has 18 heavy (non-hydrogen) atoms. The second-order valence-electron chi connectivity index (χ2n) is 4.22. The molecule has 0 radical (unpaired) electrons. The number of rotatable bonds is 4. The van der Waals surface area contributed by atoms with E-state index in [2.05, 4.69) is 6.92 Å². The Bertz CT molecular complexity index is 613. The van der Waals surface area contributed by atoms with E-state index in [0.717, 1.165) is 24.5 Å². The molecule has 0 aliphatic rings. The van der Waals surface area contributed by atoms with Gasteiger partial charge in [0.1, 0.15) is 17.1 Å². The summed E-state index contributed by atoms with van der Waals surface area (Å²) in [5, 5.41) is 10.2. The van der Waals surface area contributed by atoms with Crippen molar-refractivity contribution in [2.24, 2.45) is 0 Å². The SMILES string of the molecule is CCCCOc1ccc2c(O)cc(=O)oc2c1C. The summed E-state index contributed by atoms with van der Waals surface area (Å²) in [6, 6.07) is 4.55. The maximum Gasteiger partial charge on any atom is 0.339 e. The zero-order valence-electron chi connectivity index (χ0n) is 10.5. The van der Waals surface area contributed by atoms with Crippen LogP contribution in [0.25, 0.3) is 11.0 Å². The van der Waals surface area contributed by atoms with Crippen molar-refractivity contribution in [3.8, 4) is 11.5 Å². The molecule has 0 bridgehead atoms. The van der Waals surface area contributed by atoms with E-state index in [-0.39, 0.29) is 5.75 Å². The van der Waals surface area contributed by atoms with E-state index in [9.17, 15) is 9.90 Å². The van der Waals surface area contributed by atoms with Crippen molar-refractivity contribution in [3.63, 3.8) is 0 Å². The van der Waals surface area contributed by atoms with Gasteiger partial charge in [-0.3, -0.25) is 0 Å². The van der Waals surface area contributed by atoms with E-state index in [1.54, 1.807) is 12.1 Å². The molecule has 0 fully saturated rings. The van der Waals surface area contributed by atoms with Crippen LogP contribution in [-0.4, -0.2) is 11.7 Å². The number of aryl methyl sites for hydroxylation is 1. The highest BCUT2D eigenvalue weighted by Crippen LogP contribution is 2.30. The van der Waals surface area contributed by atoms with Crippen LogP contribution >= 0.6 is 0 Å². The number of ether oxygens (including phenoxy) is 1. The van der Waals surface area contributed by atoms with Crippen LogP contribution in [0.2, 0.25) is 0 Å². The first-order chi connectivity index (χ1) is 8.63. The Morgan fingerprint density at radius 1 is 1.39 bits per heavy atom. The predicted octanol–water partition coefficient (Wildman–Crippen LogP) is 2.99. The molecule has 4 nitrogen and oxygen atoms in total. The Morgan fingerprint density at radius 3 is 2.89 bits per heavy atom. The van der Waals surface area contributed by atoms with Crippen LogP contribution in [0.1, 0.15) is 25.3 Å². The quantitative estimate of drug-likeness (QED) is 0.667. The number of aromatic hydroxyl groups is 1. The molecule has 0 saturated heterocycles. The maximum absolute atomic E-state index is 11.3. The van der Waals surface area contributed by atoms with Crippen LogP contribution < -0.4 is 10.4 Å². The third-order valence-electron chi connectivity index (χ3n) is 2.84. The molecular formula is C14H16O4. The third kappa shape index (κ3) is 2.32. The zero-order chi connectivity index (χ0) is 13.1. The molecule has 0 aliphatic heterocycles. The van der Waals surface area contributed by atoms with E-state index in [1.807, 2.05) is 6.92 Å². The van der Waals surface area contributed by atoms with E-state index in [0.29, 0.717) is 23.3 Å². The number of benzene rings is 1. The van der Waals surface area contributed by atoms with Crippen molar-refractivity contribution >= 4 is 11.0 Å². The standard InChI is InChI=1S/C14H16O4/c1-3-4-7-17-12-6-5-10-11(15)8-13(16)18-14(10)9(12)2/h5-6,8,15H,3-4,7H2,1-2H3. The second kappa shape index (κ2) is 5.12. The summed E-state index contributed by atoms with van der Waals surface area (Å²) in [6.45, 7) is 4.53. The first-order valence-corrected chi connectivity index (χ1v) is 6.02. The Labute approximate surface area is 105 Å². The Hall–Kier alpha value is -1.97. The first-order valence-electron chi connectivity index (χ1n) is 6.02. The van der Waals surface area contributed by atoms with Crippen molar-refractivity contribution in [1.82, 2.24) is 0 Å². The van der Waals surface area contributed by atoms with Gasteiger partial charge in [0.2, 0.25) is 0 Å². The van der Waals surface area contributed by atoms with Crippen LogP contribution in [0, 0.1) is 6.92 Å². The average Bonchev–Trinajstić information content (AvgIpc) is 2.33. The number of unbranched alkanes of at least 4 members (excludes halogenated alkanes) is 1. The predicted molar refractivity (Wildman–Crippen MR) is 69.3 cm³/mol. The minimum atomic E-state index is -0.561. The average molecular weight is 248 g/mol. The lowest BCUT2D eigenvalue weighted by molar-refractivity contribution is 0.307. The van der Waals surface area contributed by atoms with Crippen LogP contribution in [0.3, 0.4) is 0 Å². The van der Waals surface area contributed by atoms with Gasteiger partial charge in [0.15, 0.2) is 0 Å². The van der Waals surface area contributed by atoms with Crippen LogP contribution in [0.15, 0.2) is 27.4 Å². The molecule has 96 valence electrons. The maximum atomic E-state index is 11.3. The van der Waals surface area contributed by atoms with Gasteiger partial charge >= 0.3 is 5.63 Å². The Balaban J connectivity index is 2.46. The van der Waals surface area contributed by atoms with Crippen molar-refractivity contribution in [3.05, 3.63) is 34.2 Å². The molecule has 1 N–H and O–H groups in total. The normalized spacial score (nSPS) is 10.8. The van der Waals surface area contributed by atoms with Crippen LogP contribution in [0.5, 0.6) is 11.5 Å². The summed E-state index contributed by atoms with van der Waals surface area (Å²) in [6.07, 6.45) is 2.03.